The average molecular weight is 567 g/mol. The molecule has 3 heterocycles. The number of sulfonamides is 1. The number of morpholine rings is 1. The van der Waals surface area contributed by atoms with E-state index in [4.69, 9.17) is 14.8 Å². The molecule has 0 bridgehead atoms. The molecule has 1 N–H and O–H groups in total. The van der Waals surface area contributed by atoms with Gasteiger partial charge in [0.25, 0.3) is 5.69 Å². The lowest BCUT2D eigenvalue weighted by Gasteiger charge is -2.28. The molecule has 0 saturated carbocycles. The number of aryl methyl sites for hydroxylation is 1. The van der Waals surface area contributed by atoms with E-state index in [1.54, 1.807) is 18.4 Å². The number of para-hydroxylation sites is 1. The van der Waals surface area contributed by atoms with Crippen LogP contribution in [0.15, 0.2) is 52.5 Å². The molecule has 14 heteroatoms. The van der Waals surface area contributed by atoms with Crippen LogP contribution in [0.1, 0.15) is 25.1 Å². The minimum absolute atomic E-state index is 0.121. The number of nitro benzene ring substituents is 1. The molecule has 13 nitrogen and oxygen atoms in total. The topological polar surface area (TPSA) is 148 Å². The van der Waals surface area contributed by atoms with E-state index >= 15 is 0 Å². The fourth-order valence-electron chi connectivity index (χ4n) is 4.78. The molecule has 1 aliphatic rings. The summed E-state index contributed by atoms with van der Waals surface area (Å²) in [5, 5.41) is 21.4. The maximum Gasteiger partial charge on any atom is 0.270 e. The summed E-state index contributed by atoms with van der Waals surface area (Å²) in [5.74, 6) is 0.830. The highest BCUT2D eigenvalue weighted by Crippen LogP contribution is 2.30. The summed E-state index contributed by atoms with van der Waals surface area (Å²) in [6, 6.07) is 11.6. The van der Waals surface area contributed by atoms with Gasteiger partial charge in [0.1, 0.15) is 10.7 Å². The Morgan fingerprint density at radius 1 is 1.18 bits per heavy atom. The van der Waals surface area contributed by atoms with Crippen molar-refractivity contribution in [2.24, 2.45) is 5.10 Å². The third-order valence-corrected chi connectivity index (χ3v) is 8.94. The molecule has 0 radical (unpaired) electrons. The van der Waals surface area contributed by atoms with Crippen LogP contribution in [-0.2, 0) is 14.8 Å². The monoisotopic (exact) mass is 566 g/mol. The molecule has 2 aromatic heterocycles. The van der Waals surface area contributed by atoms with Gasteiger partial charge < -0.3 is 9.64 Å². The zero-order chi connectivity index (χ0) is 28.4. The number of nitrogens with zero attached hydrogens (tertiary/aromatic N) is 7. The van der Waals surface area contributed by atoms with Crippen molar-refractivity contribution >= 4 is 50.0 Å². The molecule has 1 saturated heterocycles. The lowest BCUT2D eigenvalue weighted by atomic mass is 10.2. The second-order valence-electron chi connectivity index (χ2n) is 9.18. The van der Waals surface area contributed by atoms with Gasteiger partial charge >= 0.3 is 0 Å². The highest BCUT2D eigenvalue weighted by atomic mass is 32.2. The molecule has 0 amide bonds. The number of anilines is 2. The fraction of sp³-hybridized carbons (Fsp3) is 0.346. The van der Waals surface area contributed by atoms with Crippen LogP contribution in [0.2, 0.25) is 0 Å². The standard InChI is InChI=1S/C26H30N8O5S/c1-4-32(5-2)40(37,38)24-16-19(34(35)36)10-11-22(24)29-27-17-21-18(3)30-33-23-9-7-6-8-20(23)25(28-26(21)33)31-12-14-39-15-13-31/h6-11,16-17,29H,4-5,12-15H2,1-3H3/b27-17+. The Morgan fingerprint density at radius 2 is 1.90 bits per heavy atom. The maximum atomic E-state index is 13.3. The number of benzene rings is 2. The quantitative estimate of drug-likeness (QED) is 0.183. The van der Waals surface area contributed by atoms with E-state index in [1.165, 1.54) is 22.7 Å². The van der Waals surface area contributed by atoms with Crippen LogP contribution in [0, 0.1) is 17.0 Å². The SMILES string of the molecule is CCN(CC)S(=O)(=O)c1cc([N+](=O)[O-])ccc1N/N=C/c1c(C)nn2c1nc(N1CCOCC1)c1ccccc12. The number of rotatable bonds is 9. The van der Waals surface area contributed by atoms with Crippen LogP contribution in [-0.4, -0.2) is 77.9 Å². The van der Waals surface area contributed by atoms with Gasteiger partial charge in [-0.1, -0.05) is 26.0 Å². The minimum atomic E-state index is -4.01. The summed E-state index contributed by atoms with van der Waals surface area (Å²) in [4.78, 5) is 17.7. The second kappa shape index (κ2) is 11.2. The third-order valence-electron chi connectivity index (χ3n) is 6.85. The molecule has 4 aromatic rings. The number of aromatic nitrogens is 3. The van der Waals surface area contributed by atoms with Gasteiger partial charge in [0.05, 0.1) is 46.8 Å². The van der Waals surface area contributed by atoms with E-state index < -0.39 is 14.9 Å². The lowest BCUT2D eigenvalue weighted by Crippen LogP contribution is -2.37. The van der Waals surface area contributed by atoms with Crippen LogP contribution in [0.5, 0.6) is 0 Å². The van der Waals surface area contributed by atoms with Crippen LogP contribution in [0.4, 0.5) is 17.2 Å². The van der Waals surface area contributed by atoms with E-state index in [-0.39, 0.29) is 29.4 Å². The first-order valence-electron chi connectivity index (χ1n) is 12.9. The second-order valence-corrected chi connectivity index (χ2v) is 11.1. The smallest absolute Gasteiger partial charge is 0.270 e. The first-order chi connectivity index (χ1) is 19.3. The van der Waals surface area contributed by atoms with Crippen LogP contribution >= 0.6 is 0 Å². The lowest BCUT2D eigenvalue weighted by molar-refractivity contribution is -0.385. The maximum absolute atomic E-state index is 13.3. The first-order valence-corrected chi connectivity index (χ1v) is 14.4. The molecular formula is C26H30N8O5S. The summed E-state index contributed by atoms with van der Waals surface area (Å²) < 4.78 is 35.1. The Balaban J connectivity index is 1.56. The van der Waals surface area contributed by atoms with Crippen LogP contribution in [0.25, 0.3) is 16.6 Å². The van der Waals surface area contributed by atoms with Gasteiger partial charge in [-0.25, -0.2) is 17.9 Å². The number of hydrogen-bond donors (Lipinski definition) is 1. The summed E-state index contributed by atoms with van der Waals surface area (Å²) in [5.41, 5.74) is 5.41. The Morgan fingerprint density at radius 3 is 2.60 bits per heavy atom. The van der Waals surface area contributed by atoms with E-state index in [2.05, 4.69) is 15.4 Å². The molecule has 210 valence electrons. The fourth-order valence-corrected chi connectivity index (χ4v) is 6.40. The molecule has 0 atom stereocenters. The minimum Gasteiger partial charge on any atom is -0.378 e. The number of hydrogen-bond acceptors (Lipinski definition) is 10. The van der Waals surface area contributed by atoms with Crippen molar-refractivity contribution in [3.8, 4) is 0 Å². The predicted octanol–water partition coefficient (Wildman–Crippen LogP) is 3.41. The van der Waals surface area contributed by atoms with Gasteiger partial charge in [-0.05, 0) is 25.1 Å². The molecule has 5 rings (SSSR count). The molecule has 2 aromatic carbocycles. The number of non-ortho nitro benzene ring substituents is 1. The van der Waals surface area contributed by atoms with Crippen molar-refractivity contribution in [3.63, 3.8) is 0 Å². The van der Waals surface area contributed by atoms with Crippen molar-refractivity contribution in [1.29, 1.82) is 0 Å². The Kier molecular flexibility index (Phi) is 7.65. The molecule has 0 aliphatic carbocycles. The van der Waals surface area contributed by atoms with Gasteiger partial charge in [0.2, 0.25) is 10.0 Å². The van der Waals surface area contributed by atoms with Crippen molar-refractivity contribution in [2.75, 3.05) is 49.7 Å². The van der Waals surface area contributed by atoms with E-state index in [9.17, 15) is 18.5 Å². The van der Waals surface area contributed by atoms with Crippen molar-refractivity contribution in [1.82, 2.24) is 18.9 Å². The molecule has 0 spiro atoms. The molecule has 1 aliphatic heterocycles. The van der Waals surface area contributed by atoms with Crippen molar-refractivity contribution in [3.05, 3.63) is 63.8 Å². The largest absolute Gasteiger partial charge is 0.378 e. The van der Waals surface area contributed by atoms with E-state index in [0.717, 1.165) is 35.9 Å². The number of nitro groups is 1. The zero-order valence-electron chi connectivity index (χ0n) is 22.4. The van der Waals surface area contributed by atoms with Crippen molar-refractivity contribution in [2.45, 2.75) is 25.7 Å². The van der Waals surface area contributed by atoms with Gasteiger partial charge in [0, 0.05) is 43.7 Å². The predicted molar refractivity (Wildman–Crippen MR) is 153 cm³/mol. The molecular weight excluding hydrogens is 536 g/mol. The van der Waals surface area contributed by atoms with Crippen LogP contribution in [0.3, 0.4) is 0 Å². The molecule has 0 unspecified atom stereocenters. The van der Waals surface area contributed by atoms with Crippen molar-refractivity contribution < 1.29 is 18.1 Å². The average Bonchev–Trinajstić information content (AvgIpc) is 3.28. The summed E-state index contributed by atoms with van der Waals surface area (Å²) in [6.45, 7) is 8.37. The molecule has 40 heavy (non-hydrogen) atoms. The van der Waals surface area contributed by atoms with Gasteiger partial charge in [-0.15, -0.1) is 0 Å². The number of hydrazone groups is 1. The molecule has 1 fully saturated rings. The van der Waals surface area contributed by atoms with Gasteiger partial charge in [0.15, 0.2) is 5.65 Å². The number of ether oxygens (including phenoxy) is 1. The number of fused-ring (bicyclic) bond motifs is 3. The summed E-state index contributed by atoms with van der Waals surface area (Å²) >= 11 is 0. The highest BCUT2D eigenvalue weighted by Gasteiger charge is 2.27. The Bertz CT molecular complexity index is 1710. The van der Waals surface area contributed by atoms with E-state index in [1.807, 2.05) is 31.2 Å². The summed E-state index contributed by atoms with van der Waals surface area (Å²) in [7, 11) is -4.01. The summed E-state index contributed by atoms with van der Waals surface area (Å²) in [6.07, 6.45) is 1.54. The van der Waals surface area contributed by atoms with Gasteiger partial charge in [-0.3, -0.25) is 15.5 Å². The normalized spacial score (nSPS) is 14.6. The van der Waals surface area contributed by atoms with Crippen LogP contribution < -0.4 is 10.3 Å². The first kappa shape index (κ1) is 27.4. The Labute approximate surface area is 231 Å². The van der Waals surface area contributed by atoms with Gasteiger partial charge in [-0.2, -0.15) is 14.5 Å². The van der Waals surface area contributed by atoms with E-state index in [0.29, 0.717) is 30.1 Å². The highest BCUT2D eigenvalue weighted by molar-refractivity contribution is 7.89. The third kappa shape index (κ3) is 4.96. The number of nitrogens with one attached hydrogen (secondary N) is 1. The Hall–Kier alpha value is -4.14. The zero-order valence-corrected chi connectivity index (χ0v) is 23.3.